The molecule has 0 bridgehead atoms. The molecule has 3 N–H and O–H groups in total. The van der Waals surface area contributed by atoms with Crippen molar-refractivity contribution in [1.29, 1.82) is 0 Å². The summed E-state index contributed by atoms with van der Waals surface area (Å²) < 4.78 is 89.9. The first kappa shape index (κ1) is 44.6. The third-order valence-corrected chi connectivity index (χ3v) is 10.1. The Morgan fingerprint density at radius 2 is 0.952 bits per heavy atom. The lowest BCUT2D eigenvalue weighted by Crippen LogP contribution is -2.31. The van der Waals surface area contributed by atoms with Gasteiger partial charge in [-0.15, -0.1) is 0 Å². The molecule has 318 valence electrons. The lowest BCUT2D eigenvalue weighted by atomic mass is 10.0. The van der Waals surface area contributed by atoms with E-state index in [0.29, 0.717) is 38.7 Å². The number of halogens is 3. The zero-order chi connectivity index (χ0) is 45.0. The van der Waals surface area contributed by atoms with Gasteiger partial charge in [-0.3, -0.25) is 9.79 Å². The lowest BCUT2D eigenvalue weighted by molar-refractivity contribution is -0.617. The number of phenolic OH excluding ortho intramolecular Hbond substituents is 1. The number of fused-ring (bicyclic) bond motifs is 4. The second-order valence-corrected chi connectivity index (χ2v) is 15.7. The number of ether oxygens (including phenoxy) is 2. The van der Waals surface area contributed by atoms with Crippen molar-refractivity contribution in [3.8, 4) is 23.0 Å². The third kappa shape index (κ3) is 10.1. The van der Waals surface area contributed by atoms with Crippen LogP contribution in [-0.4, -0.2) is 45.3 Å². The molecule has 0 saturated heterocycles. The van der Waals surface area contributed by atoms with Crippen LogP contribution in [0.15, 0.2) is 146 Å². The number of alkyl halides is 3. The molecule has 0 spiro atoms. The highest BCUT2D eigenvalue weighted by atomic mass is 32.2. The van der Waals surface area contributed by atoms with E-state index in [9.17, 15) is 32.4 Å². The monoisotopic (exact) mass is 889 g/mol. The molecule has 6 aromatic carbocycles. The molecular formula is C43H33F3N2O12PS+. The number of carbonyl (C=O) groups excluding carboxylic acids is 2. The van der Waals surface area contributed by atoms with Gasteiger partial charge in [0.2, 0.25) is 22.1 Å². The maximum Gasteiger partial charge on any atom is 0.524 e. The van der Waals surface area contributed by atoms with Crippen molar-refractivity contribution in [2.45, 2.75) is 5.51 Å². The van der Waals surface area contributed by atoms with Gasteiger partial charge in [0.25, 0.3) is 0 Å². The minimum Gasteiger partial charge on any atom is -0.741 e. The fourth-order valence-corrected chi connectivity index (χ4v) is 6.84. The van der Waals surface area contributed by atoms with Crippen LogP contribution in [0.2, 0.25) is 0 Å². The van der Waals surface area contributed by atoms with E-state index < -0.39 is 35.4 Å². The van der Waals surface area contributed by atoms with Crippen molar-refractivity contribution in [1.82, 2.24) is 0 Å². The van der Waals surface area contributed by atoms with Gasteiger partial charge < -0.3 is 23.7 Å². The van der Waals surface area contributed by atoms with E-state index in [-0.39, 0.29) is 17.1 Å². The molecule has 8 rings (SSSR count). The minimum absolute atomic E-state index is 0.0464. The number of esters is 2. The maximum absolute atomic E-state index is 13.1. The van der Waals surface area contributed by atoms with E-state index >= 15 is 0 Å². The number of rotatable bonds is 6. The minimum atomic E-state index is -6.09. The van der Waals surface area contributed by atoms with Gasteiger partial charge in [0.05, 0.1) is 32.7 Å². The lowest BCUT2D eigenvalue weighted by Gasteiger charge is -2.12. The van der Waals surface area contributed by atoms with Crippen LogP contribution in [0.1, 0.15) is 20.7 Å². The molecule has 2 heterocycles. The van der Waals surface area contributed by atoms with Crippen LogP contribution in [0, 0.1) is 0 Å². The average molecular weight is 890 g/mol. The highest BCUT2D eigenvalue weighted by molar-refractivity contribution is 7.86. The average Bonchev–Trinajstić information content (AvgIpc) is 3.21. The summed E-state index contributed by atoms with van der Waals surface area (Å²) in [7, 11) is -7.05. The van der Waals surface area contributed by atoms with Crippen molar-refractivity contribution in [3.05, 3.63) is 157 Å². The smallest absolute Gasteiger partial charge is 0.524 e. The Kier molecular flexibility index (Phi) is 12.9. The molecule has 0 aliphatic rings. The first-order chi connectivity index (χ1) is 29.2. The number of aromatic hydroxyl groups is 1. The molecule has 14 nitrogen and oxygen atoms in total. The molecular weight excluding hydrogens is 857 g/mol. The van der Waals surface area contributed by atoms with Gasteiger partial charge in [-0.2, -0.15) is 22.3 Å². The van der Waals surface area contributed by atoms with Crippen molar-refractivity contribution < 1.29 is 78.3 Å². The van der Waals surface area contributed by atoms with Crippen molar-refractivity contribution >= 4 is 73.5 Å². The zero-order valence-electron chi connectivity index (χ0n) is 32.3. The van der Waals surface area contributed by atoms with Gasteiger partial charge >= 0.3 is 25.3 Å². The summed E-state index contributed by atoms with van der Waals surface area (Å²) in [6.45, 7) is 0. The van der Waals surface area contributed by atoms with E-state index in [1.54, 1.807) is 66.7 Å². The fourth-order valence-electron chi connectivity index (χ4n) is 6.46. The Labute approximate surface area is 350 Å². The number of phosphoric acid groups is 1. The Morgan fingerprint density at radius 1 is 0.581 bits per heavy atom. The number of hydrogen-bond donors (Lipinski definition) is 3. The molecule has 0 unspecified atom stereocenters. The summed E-state index contributed by atoms with van der Waals surface area (Å²) >= 11 is 0. The van der Waals surface area contributed by atoms with E-state index in [4.69, 9.17) is 36.8 Å². The number of aromatic nitrogens is 2. The Morgan fingerprint density at radius 3 is 1.37 bits per heavy atom. The summed E-state index contributed by atoms with van der Waals surface area (Å²) in [4.78, 5) is 44.3. The molecule has 0 aliphatic heterocycles. The SMILES string of the molecule is C[n+]1c2ccccc2c(C(=O)Oc2ccccc2)c2cc(O)ccc21.C[n+]1c2ccccc2c(C(=O)Oc2ccccc2)c2cc(OP(=O)(O)O)ccc21.O=S(=O)([O-])C(F)(F)F. The predicted octanol–water partition coefficient (Wildman–Crippen LogP) is 7.30. The van der Waals surface area contributed by atoms with Crippen LogP contribution in [0.25, 0.3) is 43.6 Å². The van der Waals surface area contributed by atoms with Gasteiger partial charge in [0.1, 0.15) is 37.1 Å². The summed E-state index contributed by atoms with van der Waals surface area (Å²) in [5.41, 5.74) is -1.66. The number of pyridine rings is 2. The van der Waals surface area contributed by atoms with Gasteiger partial charge in [-0.25, -0.2) is 22.6 Å². The number of para-hydroxylation sites is 4. The van der Waals surface area contributed by atoms with Gasteiger partial charge in [0, 0.05) is 24.3 Å². The molecule has 0 saturated carbocycles. The molecule has 0 aliphatic carbocycles. The standard InChI is InChI=1S/C21H16NO6P.C21H15NO3.CHF3O3S/c1-22-18-10-6-5-9-16(18)20(21(23)27-14-7-3-2-4-8-14)17-13-15(11-12-19(17)22)28-29(24,25)26;1-22-18-10-6-5-9-16(18)20(17-13-14(23)11-12-19(17)22)21(24)25-15-7-3-2-4-8-15;2-1(3,4)8(5,6)7/h2-13H,1H3,(H-,24,25,26);2-13H,1H3;(H,5,6,7)/p+1. The van der Waals surface area contributed by atoms with Crippen molar-refractivity contribution in [2.75, 3.05) is 0 Å². The highest BCUT2D eigenvalue weighted by Gasteiger charge is 2.37. The van der Waals surface area contributed by atoms with Gasteiger partial charge in [-0.05, 0) is 60.7 Å². The van der Waals surface area contributed by atoms with Crippen LogP contribution in [0.4, 0.5) is 13.2 Å². The first-order valence-electron chi connectivity index (χ1n) is 17.9. The van der Waals surface area contributed by atoms with Gasteiger partial charge in [-0.1, -0.05) is 60.7 Å². The van der Waals surface area contributed by atoms with Gasteiger partial charge in [0.15, 0.2) is 10.1 Å². The van der Waals surface area contributed by atoms with E-state index in [1.165, 1.54) is 12.1 Å². The van der Waals surface area contributed by atoms with Crippen molar-refractivity contribution in [2.24, 2.45) is 14.1 Å². The molecule has 0 radical (unpaired) electrons. The van der Waals surface area contributed by atoms with E-state index in [1.807, 2.05) is 90.0 Å². The summed E-state index contributed by atoms with van der Waals surface area (Å²) in [6.07, 6.45) is 0. The number of phenols is 1. The molecule has 19 heteroatoms. The predicted molar refractivity (Wildman–Crippen MR) is 218 cm³/mol. The maximum atomic E-state index is 13.1. The second kappa shape index (κ2) is 18.0. The number of nitrogens with zero attached hydrogens (tertiary/aromatic N) is 2. The fraction of sp³-hybridized carbons (Fsp3) is 0.0698. The third-order valence-electron chi connectivity index (χ3n) is 9.10. The van der Waals surface area contributed by atoms with Crippen LogP contribution in [-0.2, 0) is 28.8 Å². The number of hydrogen-bond acceptors (Lipinski definition) is 10. The van der Waals surface area contributed by atoms with Crippen LogP contribution >= 0.6 is 7.82 Å². The van der Waals surface area contributed by atoms with E-state index in [2.05, 4.69) is 0 Å². The quantitative estimate of drug-likeness (QED) is 0.0286. The number of phosphoric ester groups is 1. The van der Waals surface area contributed by atoms with E-state index in [0.717, 1.165) is 21.9 Å². The molecule has 0 amide bonds. The van der Waals surface area contributed by atoms with Crippen molar-refractivity contribution in [3.63, 3.8) is 0 Å². The highest BCUT2D eigenvalue weighted by Crippen LogP contribution is 2.39. The summed E-state index contributed by atoms with van der Waals surface area (Å²) in [5, 5.41) is 12.5. The molecule has 62 heavy (non-hydrogen) atoms. The normalized spacial score (nSPS) is 11.6. The molecule has 8 aromatic rings. The Hall–Kier alpha value is -6.95. The zero-order valence-corrected chi connectivity index (χ0v) is 34.0. The second-order valence-electron chi connectivity index (χ2n) is 13.2. The largest absolute Gasteiger partial charge is 0.741 e. The first-order valence-corrected chi connectivity index (χ1v) is 20.9. The molecule has 0 fully saturated rings. The summed E-state index contributed by atoms with van der Waals surface area (Å²) in [6, 6.07) is 42.2. The number of aryl methyl sites for hydroxylation is 2. The van der Waals surface area contributed by atoms with Crippen LogP contribution in [0.3, 0.4) is 0 Å². The topological polar surface area (TPSA) is 205 Å². The van der Waals surface area contributed by atoms with Crippen LogP contribution < -0.4 is 23.1 Å². The number of benzene rings is 6. The molecule has 0 atom stereocenters. The van der Waals surface area contributed by atoms with Crippen LogP contribution in [0.5, 0.6) is 23.0 Å². The molecule has 2 aromatic heterocycles. The number of carbonyl (C=O) groups is 2. The Bertz CT molecular complexity index is 3150. The Balaban J connectivity index is 0.000000178. The summed E-state index contributed by atoms with van der Waals surface area (Å²) in [5.74, 6) is -0.0833.